The van der Waals surface area contributed by atoms with Gasteiger partial charge in [-0.05, 0) is 18.9 Å². The van der Waals surface area contributed by atoms with Gasteiger partial charge in [-0.25, -0.2) is 19.2 Å². The Hall–Kier alpha value is -1.92. The minimum atomic E-state index is -0.902. The van der Waals surface area contributed by atoms with E-state index in [9.17, 15) is 9.18 Å². The topological polar surface area (TPSA) is 61.4 Å². The van der Waals surface area contributed by atoms with Gasteiger partial charge in [0, 0.05) is 32.3 Å². The first-order valence-electron chi connectivity index (χ1n) is 8.06. The molecule has 2 amide bonds. The number of hydrogen-bond acceptors (Lipinski definition) is 4. The van der Waals surface area contributed by atoms with Crippen LogP contribution in [0.2, 0.25) is 0 Å². The highest BCUT2D eigenvalue weighted by molar-refractivity contribution is 5.74. The van der Waals surface area contributed by atoms with Crippen molar-refractivity contribution in [2.45, 2.75) is 45.4 Å². The van der Waals surface area contributed by atoms with Gasteiger partial charge in [0.15, 0.2) is 0 Å². The third-order valence-electron chi connectivity index (χ3n) is 4.41. The summed E-state index contributed by atoms with van der Waals surface area (Å²) in [5.41, 5.74) is 0. The second-order valence-corrected chi connectivity index (χ2v) is 6.57. The van der Waals surface area contributed by atoms with Gasteiger partial charge in [-0.1, -0.05) is 13.8 Å². The quantitative estimate of drug-likeness (QED) is 0.901. The van der Waals surface area contributed by atoms with E-state index < -0.39 is 6.17 Å². The predicted molar refractivity (Wildman–Crippen MR) is 88.1 cm³/mol. The zero-order valence-electron chi connectivity index (χ0n) is 14.2. The first-order chi connectivity index (χ1) is 10.9. The molecule has 1 fully saturated rings. The van der Waals surface area contributed by atoms with Crippen molar-refractivity contribution in [2.24, 2.45) is 5.92 Å². The monoisotopic (exact) mass is 323 g/mol. The number of aromatic nitrogens is 2. The van der Waals surface area contributed by atoms with Crippen molar-refractivity contribution in [2.75, 3.05) is 25.0 Å². The van der Waals surface area contributed by atoms with Crippen molar-refractivity contribution in [3.8, 4) is 0 Å². The number of nitrogens with zero attached hydrogens (tertiary/aromatic N) is 4. The second-order valence-electron chi connectivity index (χ2n) is 6.57. The molecule has 1 saturated heterocycles. The average Bonchev–Trinajstić information content (AvgIpc) is 2.88. The smallest absolute Gasteiger partial charge is 0.317 e. The van der Waals surface area contributed by atoms with Crippen LogP contribution < -0.4 is 10.2 Å². The molecule has 2 rings (SSSR count). The zero-order valence-corrected chi connectivity index (χ0v) is 14.2. The molecule has 0 aliphatic carbocycles. The van der Waals surface area contributed by atoms with Gasteiger partial charge in [-0.3, -0.25) is 0 Å². The Balaban J connectivity index is 1.98. The molecule has 0 bridgehead atoms. The number of rotatable bonds is 5. The van der Waals surface area contributed by atoms with E-state index in [-0.39, 0.29) is 18.1 Å². The molecule has 3 atom stereocenters. The van der Waals surface area contributed by atoms with E-state index in [2.05, 4.69) is 29.1 Å². The van der Waals surface area contributed by atoms with Gasteiger partial charge in [-0.2, -0.15) is 0 Å². The van der Waals surface area contributed by atoms with Crippen LogP contribution in [-0.4, -0.2) is 59.3 Å². The molecule has 6 nitrogen and oxygen atoms in total. The minimum Gasteiger partial charge on any atom is -0.349 e. The van der Waals surface area contributed by atoms with Crippen LogP contribution in [0.3, 0.4) is 0 Å². The van der Waals surface area contributed by atoms with Crippen LogP contribution >= 0.6 is 0 Å². The van der Waals surface area contributed by atoms with E-state index in [1.807, 2.05) is 11.8 Å². The van der Waals surface area contributed by atoms with Gasteiger partial charge in [0.25, 0.3) is 0 Å². The number of nitrogens with one attached hydrogen (secondary N) is 1. The Morgan fingerprint density at radius 1 is 1.52 bits per heavy atom. The Kier molecular flexibility index (Phi) is 5.74. The maximum Gasteiger partial charge on any atom is 0.317 e. The lowest BCUT2D eigenvalue weighted by molar-refractivity contribution is 0.198. The van der Waals surface area contributed by atoms with Crippen molar-refractivity contribution in [3.05, 3.63) is 18.6 Å². The summed E-state index contributed by atoms with van der Waals surface area (Å²) in [5.74, 6) is 1.07. The highest BCUT2D eigenvalue weighted by Gasteiger charge is 2.34. The van der Waals surface area contributed by atoms with Crippen LogP contribution in [0.1, 0.15) is 27.2 Å². The number of anilines is 1. The third-order valence-corrected chi connectivity index (χ3v) is 4.41. The summed E-state index contributed by atoms with van der Waals surface area (Å²) in [4.78, 5) is 23.9. The molecule has 1 aromatic heterocycles. The van der Waals surface area contributed by atoms with Crippen molar-refractivity contribution in [1.29, 1.82) is 0 Å². The fourth-order valence-electron chi connectivity index (χ4n) is 2.64. The lowest BCUT2D eigenvalue weighted by Gasteiger charge is -2.30. The van der Waals surface area contributed by atoms with E-state index in [0.29, 0.717) is 31.2 Å². The zero-order chi connectivity index (χ0) is 17.0. The molecular weight excluding hydrogens is 297 g/mol. The first-order valence-corrected chi connectivity index (χ1v) is 8.06. The van der Waals surface area contributed by atoms with Crippen LogP contribution in [0.5, 0.6) is 0 Å². The lowest BCUT2D eigenvalue weighted by Crippen LogP contribution is -2.48. The summed E-state index contributed by atoms with van der Waals surface area (Å²) in [5, 5.41) is 2.97. The molecular formula is C16H26FN5O. The molecule has 0 radical (unpaired) electrons. The summed E-state index contributed by atoms with van der Waals surface area (Å²) in [6.07, 6.45) is 2.60. The molecule has 1 aliphatic heterocycles. The highest BCUT2D eigenvalue weighted by Crippen LogP contribution is 2.25. The van der Waals surface area contributed by atoms with E-state index in [1.54, 1.807) is 24.2 Å². The minimum absolute atomic E-state index is 0.0787. The summed E-state index contributed by atoms with van der Waals surface area (Å²) < 4.78 is 13.9. The van der Waals surface area contributed by atoms with Crippen LogP contribution in [0.15, 0.2) is 18.6 Å². The van der Waals surface area contributed by atoms with Crippen LogP contribution in [0, 0.1) is 5.92 Å². The predicted octanol–water partition coefficient (Wildman–Crippen LogP) is 2.08. The average molecular weight is 323 g/mol. The highest BCUT2D eigenvalue weighted by atomic mass is 19.1. The number of carbonyl (C=O) groups is 1. The standard InChI is InChI=1S/C16H26FN5O/c1-11(2)12(3)20-16(23)21(4)9-14-7-13(17)8-22(14)15-5-6-18-10-19-15/h5-6,10-14H,7-9H2,1-4H3,(H,20,23)/t12-,13+,14+/m1/s1. The number of alkyl halides is 1. The fraction of sp³-hybridized carbons (Fsp3) is 0.688. The molecule has 1 N–H and O–H groups in total. The van der Waals surface area contributed by atoms with Crippen LogP contribution in [-0.2, 0) is 0 Å². The molecule has 2 heterocycles. The number of carbonyl (C=O) groups excluding carboxylic acids is 1. The molecule has 128 valence electrons. The molecule has 0 saturated carbocycles. The SMILES string of the molecule is CC(C)[C@@H](C)NC(=O)N(C)C[C@@H]1C[C@H](F)CN1c1ccncn1. The van der Waals surface area contributed by atoms with Crippen LogP contribution in [0.25, 0.3) is 0 Å². The van der Waals surface area contributed by atoms with E-state index in [4.69, 9.17) is 0 Å². The summed E-state index contributed by atoms with van der Waals surface area (Å²) in [6, 6.07) is 1.66. The Bertz CT molecular complexity index is 512. The number of likely N-dealkylation sites (N-methyl/N-ethyl adjacent to an activating group) is 1. The van der Waals surface area contributed by atoms with Crippen molar-refractivity contribution < 1.29 is 9.18 Å². The largest absolute Gasteiger partial charge is 0.349 e. The molecule has 23 heavy (non-hydrogen) atoms. The Morgan fingerprint density at radius 3 is 2.87 bits per heavy atom. The maximum absolute atomic E-state index is 13.9. The van der Waals surface area contributed by atoms with E-state index >= 15 is 0 Å². The third kappa shape index (κ3) is 4.53. The van der Waals surface area contributed by atoms with Crippen molar-refractivity contribution in [1.82, 2.24) is 20.2 Å². The van der Waals surface area contributed by atoms with Gasteiger partial charge in [-0.15, -0.1) is 0 Å². The number of urea groups is 1. The first kappa shape index (κ1) is 17.4. The lowest BCUT2D eigenvalue weighted by atomic mass is 10.1. The van der Waals surface area contributed by atoms with Gasteiger partial charge < -0.3 is 15.1 Å². The molecule has 0 aromatic carbocycles. The Morgan fingerprint density at radius 2 is 2.26 bits per heavy atom. The van der Waals surface area contributed by atoms with Gasteiger partial charge >= 0.3 is 6.03 Å². The van der Waals surface area contributed by atoms with Gasteiger partial charge in [0.05, 0.1) is 12.6 Å². The van der Waals surface area contributed by atoms with Crippen molar-refractivity contribution in [3.63, 3.8) is 0 Å². The molecule has 1 aliphatic rings. The molecule has 1 aromatic rings. The molecule has 0 spiro atoms. The fourth-order valence-corrected chi connectivity index (χ4v) is 2.64. The van der Waals surface area contributed by atoms with Gasteiger partial charge in [0.2, 0.25) is 0 Å². The maximum atomic E-state index is 13.9. The normalized spacial score (nSPS) is 22.3. The summed E-state index contributed by atoms with van der Waals surface area (Å²) >= 11 is 0. The number of amides is 2. The summed E-state index contributed by atoms with van der Waals surface area (Å²) in [7, 11) is 1.74. The molecule has 7 heteroatoms. The Labute approximate surface area is 137 Å². The van der Waals surface area contributed by atoms with E-state index in [1.165, 1.54) is 6.33 Å². The van der Waals surface area contributed by atoms with Crippen molar-refractivity contribution >= 4 is 11.8 Å². The van der Waals surface area contributed by atoms with Crippen LogP contribution in [0.4, 0.5) is 15.0 Å². The molecule has 0 unspecified atom stereocenters. The second kappa shape index (κ2) is 7.57. The summed E-state index contributed by atoms with van der Waals surface area (Å²) in [6.45, 7) is 6.87. The number of halogens is 1. The van der Waals surface area contributed by atoms with Gasteiger partial charge in [0.1, 0.15) is 18.3 Å². The number of hydrogen-bond donors (Lipinski definition) is 1. The van der Waals surface area contributed by atoms with E-state index in [0.717, 1.165) is 0 Å².